The molecule has 4 rings (SSSR count). The summed E-state index contributed by atoms with van der Waals surface area (Å²) < 4.78 is 5.77. The van der Waals surface area contributed by atoms with Crippen LogP contribution in [0.15, 0.2) is 65.6 Å². The van der Waals surface area contributed by atoms with Crippen molar-refractivity contribution in [3.8, 4) is 11.1 Å². The first-order valence-electron chi connectivity index (χ1n) is 9.22. The third kappa shape index (κ3) is 4.43. The van der Waals surface area contributed by atoms with Crippen LogP contribution in [0.25, 0.3) is 11.1 Å². The van der Waals surface area contributed by atoms with E-state index >= 15 is 0 Å². The summed E-state index contributed by atoms with van der Waals surface area (Å²) in [4.78, 5) is 19.2. The van der Waals surface area contributed by atoms with Gasteiger partial charge in [-0.2, -0.15) is 11.3 Å². The SMILES string of the molecule is O=C(c1ccc(-c2ccsc2)cc1)N(Cc1ccncc1)C[C@H]1CCCO1. The van der Waals surface area contributed by atoms with Gasteiger partial charge in [0.1, 0.15) is 0 Å². The summed E-state index contributed by atoms with van der Waals surface area (Å²) >= 11 is 1.67. The fourth-order valence-corrected chi connectivity index (χ4v) is 4.04. The second-order valence-corrected chi connectivity index (χ2v) is 7.55. The van der Waals surface area contributed by atoms with Gasteiger partial charge in [0.2, 0.25) is 0 Å². The molecular weight excluding hydrogens is 356 g/mol. The maximum atomic E-state index is 13.2. The van der Waals surface area contributed by atoms with E-state index in [-0.39, 0.29) is 12.0 Å². The van der Waals surface area contributed by atoms with E-state index in [4.69, 9.17) is 4.74 Å². The van der Waals surface area contributed by atoms with Crippen molar-refractivity contribution in [3.05, 3.63) is 76.7 Å². The topological polar surface area (TPSA) is 42.4 Å². The van der Waals surface area contributed by atoms with E-state index in [1.165, 1.54) is 5.56 Å². The van der Waals surface area contributed by atoms with E-state index in [9.17, 15) is 4.79 Å². The number of hydrogen-bond donors (Lipinski definition) is 0. The molecule has 0 bridgehead atoms. The van der Waals surface area contributed by atoms with Gasteiger partial charge in [-0.1, -0.05) is 12.1 Å². The molecule has 0 N–H and O–H groups in total. The monoisotopic (exact) mass is 378 g/mol. The first kappa shape index (κ1) is 17.9. The summed E-state index contributed by atoms with van der Waals surface area (Å²) in [6, 6.07) is 13.9. The van der Waals surface area contributed by atoms with Crippen LogP contribution in [0.3, 0.4) is 0 Å². The number of pyridine rings is 1. The van der Waals surface area contributed by atoms with Crippen molar-refractivity contribution in [2.75, 3.05) is 13.2 Å². The molecule has 0 saturated carbocycles. The highest BCUT2D eigenvalue weighted by Gasteiger charge is 2.23. The average molecular weight is 378 g/mol. The Morgan fingerprint density at radius 2 is 1.93 bits per heavy atom. The van der Waals surface area contributed by atoms with Crippen molar-refractivity contribution < 1.29 is 9.53 Å². The van der Waals surface area contributed by atoms with Gasteiger partial charge in [0.15, 0.2) is 0 Å². The minimum Gasteiger partial charge on any atom is -0.376 e. The molecule has 0 spiro atoms. The predicted molar refractivity (Wildman–Crippen MR) is 108 cm³/mol. The quantitative estimate of drug-likeness (QED) is 0.628. The molecule has 3 heterocycles. The van der Waals surface area contributed by atoms with Gasteiger partial charge in [-0.15, -0.1) is 0 Å². The van der Waals surface area contributed by atoms with Gasteiger partial charge in [0, 0.05) is 37.7 Å². The summed E-state index contributed by atoms with van der Waals surface area (Å²) in [6.07, 6.45) is 5.73. The standard InChI is InChI=1S/C22H22N2O2S/c25-22(19-5-3-18(4-6-19)20-9-13-27-16-20)24(15-21-2-1-12-26-21)14-17-7-10-23-11-8-17/h3-11,13,16,21H,1-2,12,14-15H2/t21-/m1/s1. The van der Waals surface area contributed by atoms with Crippen molar-refractivity contribution in [2.45, 2.75) is 25.5 Å². The molecule has 1 aliphatic heterocycles. The maximum Gasteiger partial charge on any atom is 0.254 e. The number of ether oxygens (including phenoxy) is 1. The van der Waals surface area contributed by atoms with Gasteiger partial charge < -0.3 is 9.64 Å². The summed E-state index contributed by atoms with van der Waals surface area (Å²) in [5.74, 6) is 0.0409. The molecule has 4 nitrogen and oxygen atoms in total. The lowest BCUT2D eigenvalue weighted by molar-refractivity contribution is 0.0507. The Labute approximate surface area is 163 Å². The molecular formula is C22H22N2O2S. The highest BCUT2D eigenvalue weighted by atomic mass is 32.1. The largest absolute Gasteiger partial charge is 0.376 e. The molecule has 3 aromatic rings. The molecule has 1 aromatic carbocycles. The molecule has 1 saturated heterocycles. The summed E-state index contributed by atoms with van der Waals surface area (Å²) in [7, 11) is 0. The van der Waals surface area contributed by atoms with E-state index < -0.39 is 0 Å². The summed E-state index contributed by atoms with van der Waals surface area (Å²) in [5, 5.41) is 4.18. The van der Waals surface area contributed by atoms with Crippen LogP contribution in [0.1, 0.15) is 28.8 Å². The predicted octanol–water partition coefficient (Wildman–Crippen LogP) is 4.63. The van der Waals surface area contributed by atoms with Crippen molar-refractivity contribution >= 4 is 17.2 Å². The van der Waals surface area contributed by atoms with E-state index in [1.54, 1.807) is 23.7 Å². The first-order chi connectivity index (χ1) is 13.3. The second kappa shape index (κ2) is 8.46. The van der Waals surface area contributed by atoms with E-state index in [2.05, 4.69) is 21.8 Å². The molecule has 138 valence electrons. The Kier molecular flexibility index (Phi) is 5.61. The van der Waals surface area contributed by atoms with Crippen LogP contribution in [-0.2, 0) is 11.3 Å². The Morgan fingerprint density at radius 1 is 1.11 bits per heavy atom. The fraction of sp³-hybridized carbons (Fsp3) is 0.273. The fourth-order valence-electron chi connectivity index (χ4n) is 3.38. The Bertz CT molecular complexity index is 857. The number of carbonyl (C=O) groups is 1. The molecule has 0 unspecified atom stereocenters. The molecule has 5 heteroatoms. The third-order valence-electron chi connectivity index (χ3n) is 4.84. The van der Waals surface area contributed by atoms with Crippen LogP contribution in [0.4, 0.5) is 0 Å². The van der Waals surface area contributed by atoms with Crippen molar-refractivity contribution in [1.82, 2.24) is 9.88 Å². The lowest BCUT2D eigenvalue weighted by Gasteiger charge is -2.26. The second-order valence-electron chi connectivity index (χ2n) is 6.77. The number of rotatable bonds is 6. The van der Waals surface area contributed by atoms with Crippen molar-refractivity contribution in [3.63, 3.8) is 0 Å². The smallest absolute Gasteiger partial charge is 0.254 e. The maximum absolute atomic E-state index is 13.2. The minimum atomic E-state index is 0.0409. The zero-order valence-electron chi connectivity index (χ0n) is 15.1. The van der Waals surface area contributed by atoms with Crippen LogP contribution in [0.2, 0.25) is 0 Å². The lowest BCUT2D eigenvalue weighted by Crippen LogP contribution is -2.37. The van der Waals surface area contributed by atoms with Crippen molar-refractivity contribution in [2.24, 2.45) is 0 Å². The van der Waals surface area contributed by atoms with Gasteiger partial charge in [-0.3, -0.25) is 9.78 Å². The molecule has 1 aliphatic rings. The van der Waals surface area contributed by atoms with Crippen LogP contribution in [-0.4, -0.2) is 35.0 Å². The molecule has 0 radical (unpaired) electrons. The van der Waals surface area contributed by atoms with Crippen LogP contribution < -0.4 is 0 Å². The number of aromatic nitrogens is 1. The van der Waals surface area contributed by atoms with Crippen LogP contribution >= 0.6 is 11.3 Å². The van der Waals surface area contributed by atoms with Gasteiger partial charge in [-0.25, -0.2) is 0 Å². The van der Waals surface area contributed by atoms with E-state index in [0.29, 0.717) is 18.7 Å². The summed E-state index contributed by atoms with van der Waals surface area (Å²) in [5.41, 5.74) is 4.10. The van der Waals surface area contributed by atoms with Gasteiger partial charge >= 0.3 is 0 Å². The molecule has 1 amide bonds. The number of hydrogen-bond acceptors (Lipinski definition) is 4. The average Bonchev–Trinajstić information content (AvgIpc) is 3.42. The van der Waals surface area contributed by atoms with Gasteiger partial charge in [-0.05, 0) is 70.6 Å². The molecule has 27 heavy (non-hydrogen) atoms. The molecule has 0 aliphatic carbocycles. The Hall–Kier alpha value is -2.50. The minimum absolute atomic E-state index is 0.0409. The van der Waals surface area contributed by atoms with E-state index in [1.807, 2.05) is 41.3 Å². The molecule has 1 fully saturated rings. The zero-order valence-corrected chi connectivity index (χ0v) is 15.9. The van der Waals surface area contributed by atoms with Crippen molar-refractivity contribution in [1.29, 1.82) is 0 Å². The number of carbonyl (C=O) groups excluding carboxylic acids is 1. The van der Waals surface area contributed by atoms with E-state index in [0.717, 1.165) is 30.6 Å². The molecule has 2 aromatic heterocycles. The van der Waals surface area contributed by atoms with Crippen LogP contribution in [0.5, 0.6) is 0 Å². The Balaban J connectivity index is 1.53. The number of benzene rings is 1. The number of nitrogens with zero attached hydrogens (tertiary/aromatic N) is 2. The summed E-state index contributed by atoms with van der Waals surface area (Å²) in [6.45, 7) is 1.97. The third-order valence-corrected chi connectivity index (χ3v) is 5.53. The highest BCUT2D eigenvalue weighted by molar-refractivity contribution is 7.08. The number of thiophene rings is 1. The van der Waals surface area contributed by atoms with Gasteiger partial charge in [0.05, 0.1) is 6.10 Å². The lowest BCUT2D eigenvalue weighted by atomic mass is 10.1. The highest BCUT2D eigenvalue weighted by Crippen LogP contribution is 2.23. The first-order valence-corrected chi connectivity index (χ1v) is 10.2. The zero-order chi connectivity index (χ0) is 18.5. The normalized spacial score (nSPS) is 16.4. The van der Waals surface area contributed by atoms with Crippen LogP contribution in [0, 0.1) is 0 Å². The number of amides is 1. The molecule has 1 atom stereocenters. The Morgan fingerprint density at radius 3 is 2.59 bits per heavy atom. The van der Waals surface area contributed by atoms with Gasteiger partial charge in [0.25, 0.3) is 5.91 Å².